The molecule has 212 valence electrons. The zero-order valence-corrected chi connectivity index (χ0v) is 22.0. The van der Waals surface area contributed by atoms with E-state index in [0.29, 0.717) is 35.6 Å². The van der Waals surface area contributed by atoms with E-state index in [9.17, 15) is 32.7 Å². The van der Waals surface area contributed by atoms with Crippen LogP contribution >= 0.6 is 0 Å². The van der Waals surface area contributed by atoms with Gasteiger partial charge in [-0.05, 0) is 37.6 Å². The Morgan fingerprint density at radius 3 is 2.52 bits per heavy atom. The van der Waals surface area contributed by atoms with Gasteiger partial charge < -0.3 is 25.4 Å². The number of hydrogen-bond acceptors (Lipinski definition) is 7. The highest BCUT2D eigenvalue weighted by Gasteiger charge is 2.57. The van der Waals surface area contributed by atoms with Gasteiger partial charge in [0.15, 0.2) is 6.61 Å². The largest absolute Gasteiger partial charge is 0.478 e. The molecule has 2 aromatic carbocycles. The second-order valence-corrected chi connectivity index (χ2v) is 10.3. The Hall–Kier alpha value is -4.29. The monoisotopic (exact) mass is 559 g/mol. The van der Waals surface area contributed by atoms with E-state index in [2.05, 4.69) is 15.4 Å². The second kappa shape index (κ2) is 10.0. The number of halogens is 3. The zero-order valence-electron chi connectivity index (χ0n) is 22.0. The van der Waals surface area contributed by atoms with Gasteiger partial charge in [-0.3, -0.25) is 9.36 Å². The number of alkyl halides is 3. The van der Waals surface area contributed by atoms with Gasteiger partial charge >= 0.3 is 18.2 Å². The fourth-order valence-corrected chi connectivity index (χ4v) is 5.49. The summed E-state index contributed by atoms with van der Waals surface area (Å²) in [6, 6.07) is 9.55. The Morgan fingerprint density at radius 2 is 1.88 bits per heavy atom. The van der Waals surface area contributed by atoms with E-state index in [1.807, 2.05) is 24.8 Å². The van der Waals surface area contributed by atoms with E-state index in [0.717, 1.165) is 11.1 Å². The number of piperidine rings is 1. The predicted octanol–water partition coefficient (Wildman–Crippen LogP) is 3.84. The average Bonchev–Trinajstić information content (AvgIpc) is 3.30. The highest BCUT2D eigenvalue weighted by molar-refractivity contribution is 5.94. The minimum absolute atomic E-state index is 0.00312. The molecule has 1 saturated heterocycles. The Morgan fingerprint density at radius 1 is 1.20 bits per heavy atom. The van der Waals surface area contributed by atoms with Crippen LogP contribution in [-0.2, 0) is 11.8 Å². The minimum Gasteiger partial charge on any atom is -0.478 e. The lowest BCUT2D eigenvalue weighted by molar-refractivity contribution is -0.160. The van der Waals surface area contributed by atoms with Crippen LogP contribution in [0.5, 0.6) is 0 Å². The molecule has 1 unspecified atom stereocenters. The number of rotatable bonds is 7. The van der Waals surface area contributed by atoms with Crippen molar-refractivity contribution >= 4 is 34.6 Å². The van der Waals surface area contributed by atoms with Gasteiger partial charge in [0.1, 0.15) is 0 Å². The Kier molecular flexibility index (Phi) is 6.84. The standard InChI is InChI=1S/C27H28F3N5O5/c1-13-8-16(14(2)31-20-7-5-4-6-15(20)24(37)38)21-17(9-13)23(36)34(3)25(32-21)35-10-18-19(11-35)22(18)33-26(39)40-12-27(28,29)30/h4-9,14,18-19,22,31H,10-12H2,1-3H3,(H,33,39)(H,37,38)/t14?,18-,19+,22-. The number of aromatic nitrogens is 2. The van der Waals surface area contributed by atoms with Crippen molar-refractivity contribution in [2.75, 3.05) is 29.9 Å². The van der Waals surface area contributed by atoms with Gasteiger partial charge in [0.25, 0.3) is 5.56 Å². The van der Waals surface area contributed by atoms with Gasteiger partial charge in [0, 0.05) is 49.3 Å². The van der Waals surface area contributed by atoms with Gasteiger partial charge in [-0.15, -0.1) is 0 Å². The van der Waals surface area contributed by atoms with Crippen molar-refractivity contribution in [3.63, 3.8) is 0 Å². The molecular formula is C27H28F3N5O5. The molecule has 1 aromatic heterocycles. The smallest absolute Gasteiger partial charge is 0.422 e. The number of aromatic carboxylic acids is 1. The number of para-hydroxylation sites is 1. The van der Waals surface area contributed by atoms with Gasteiger partial charge in [0.2, 0.25) is 5.95 Å². The van der Waals surface area contributed by atoms with Gasteiger partial charge in [0.05, 0.1) is 22.5 Å². The molecule has 40 heavy (non-hydrogen) atoms. The number of carbonyl (C=O) groups excluding carboxylic acids is 1. The predicted molar refractivity (Wildman–Crippen MR) is 141 cm³/mol. The van der Waals surface area contributed by atoms with Crippen LogP contribution in [0.2, 0.25) is 0 Å². The maximum Gasteiger partial charge on any atom is 0.422 e. The van der Waals surface area contributed by atoms with Gasteiger partial charge in [-0.25, -0.2) is 14.6 Å². The number of aryl methyl sites for hydroxylation is 1. The molecule has 0 radical (unpaired) electrons. The quantitative estimate of drug-likeness (QED) is 0.399. The SMILES string of the molecule is Cc1cc(C(C)Nc2ccccc2C(=O)O)c2nc(N3C[C@@H]4[C@H](C3)[C@@H]4NC(=O)OCC(F)(F)F)n(C)c(=O)c2c1. The molecule has 1 aliphatic carbocycles. The molecule has 2 heterocycles. The number of amides is 1. The molecule has 0 bridgehead atoms. The van der Waals surface area contributed by atoms with Crippen LogP contribution in [0, 0.1) is 18.8 Å². The van der Waals surface area contributed by atoms with Crippen LogP contribution in [0.4, 0.5) is 29.6 Å². The number of hydrogen-bond donors (Lipinski definition) is 3. The Bertz CT molecular complexity index is 1540. The summed E-state index contributed by atoms with van der Waals surface area (Å²) >= 11 is 0. The van der Waals surface area contributed by atoms with Crippen molar-refractivity contribution in [2.24, 2.45) is 18.9 Å². The van der Waals surface area contributed by atoms with E-state index in [-0.39, 0.29) is 29.0 Å². The first-order valence-corrected chi connectivity index (χ1v) is 12.7. The van der Waals surface area contributed by atoms with Crippen molar-refractivity contribution in [3.05, 3.63) is 63.4 Å². The summed E-state index contributed by atoms with van der Waals surface area (Å²) in [5.41, 5.74) is 2.39. The normalized spacial score (nSPS) is 20.6. The maximum atomic E-state index is 13.4. The van der Waals surface area contributed by atoms with Crippen molar-refractivity contribution in [1.82, 2.24) is 14.9 Å². The van der Waals surface area contributed by atoms with Crippen molar-refractivity contribution < 1.29 is 32.6 Å². The Labute approximate surface area is 226 Å². The highest BCUT2D eigenvalue weighted by atomic mass is 19.4. The summed E-state index contributed by atoms with van der Waals surface area (Å²) in [6.07, 6.45) is -5.70. The van der Waals surface area contributed by atoms with E-state index >= 15 is 0 Å². The summed E-state index contributed by atoms with van der Waals surface area (Å²) in [7, 11) is 1.63. The average molecular weight is 560 g/mol. The molecule has 10 nitrogen and oxygen atoms in total. The highest BCUT2D eigenvalue weighted by Crippen LogP contribution is 2.46. The number of alkyl carbamates (subject to hydrolysis) is 1. The number of carbonyl (C=O) groups is 2. The molecule has 3 N–H and O–H groups in total. The molecule has 4 atom stereocenters. The molecule has 1 aliphatic heterocycles. The number of nitrogens with one attached hydrogen (secondary N) is 2. The minimum atomic E-state index is -4.59. The molecule has 13 heteroatoms. The summed E-state index contributed by atoms with van der Waals surface area (Å²) in [5.74, 6) is -0.632. The van der Waals surface area contributed by atoms with Gasteiger partial charge in [-0.2, -0.15) is 13.2 Å². The van der Waals surface area contributed by atoms with Gasteiger partial charge in [-0.1, -0.05) is 18.2 Å². The van der Waals surface area contributed by atoms with Crippen LogP contribution in [0.3, 0.4) is 0 Å². The molecule has 1 amide bonds. The summed E-state index contributed by atoms with van der Waals surface area (Å²) in [5, 5.41) is 15.7. The second-order valence-electron chi connectivity index (χ2n) is 10.3. The number of carboxylic acid groups (broad SMARTS) is 1. The van der Waals surface area contributed by atoms with Crippen LogP contribution in [0.15, 0.2) is 41.2 Å². The van der Waals surface area contributed by atoms with Crippen LogP contribution in [0.1, 0.15) is 34.5 Å². The lowest BCUT2D eigenvalue weighted by atomic mass is 10.0. The van der Waals surface area contributed by atoms with Crippen molar-refractivity contribution in [2.45, 2.75) is 32.1 Å². The van der Waals surface area contributed by atoms with E-state index in [1.54, 1.807) is 31.3 Å². The molecular weight excluding hydrogens is 531 g/mol. The number of benzene rings is 2. The lowest BCUT2D eigenvalue weighted by Crippen LogP contribution is -2.38. The fourth-order valence-electron chi connectivity index (χ4n) is 5.49. The summed E-state index contributed by atoms with van der Waals surface area (Å²) in [4.78, 5) is 43.7. The first kappa shape index (κ1) is 27.3. The number of nitrogens with zero attached hydrogens (tertiary/aromatic N) is 3. The first-order valence-electron chi connectivity index (χ1n) is 12.7. The lowest BCUT2D eigenvalue weighted by Gasteiger charge is -2.25. The van der Waals surface area contributed by atoms with E-state index < -0.39 is 30.9 Å². The fraction of sp³-hybridized carbons (Fsp3) is 0.407. The topological polar surface area (TPSA) is 126 Å². The number of carboxylic acids is 1. The first-order chi connectivity index (χ1) is 18.8. The molecule has 2 fully saturated rings. The third kappa shape index (κ3) is 5.27. The molecule has 0 spiro atoms. The van der Waals surface area contributed by atoms with Crippen LogP contribution < -0.4 is 21.1 Å². The Balaban J connectivity index is 1.38. The molecule has 5 rings (SSSR count). The van der Waals surface area contributed by atoms with Crippen LogP contribution in [-0.4, -0.2) is 58.6 Å². The van der Waals surface area contributed by atoms with E-state index in [1.165, 1.54) is 10.6 Å². The van der Waals surface area contributed by atoms with E-state index in [4.69, 9.17) is 4.98 Å². The van der Waals surface area contributed by atoms with Crippen LogP contribution in [0.25, 0.3) is 10.9 Å². The third-order valence-electron chi connectivity index (χ3n) is 7.45. The molecule has 3 aromatic rings. The number of anilines is 2. The third-order valence-corrected chi connectivity index (χ3v) is 7.45. The summed E-state index contributed by atoms with van der Waals surface area (Å²) < 4.78 is 42.6. The number of fused-ring (bicyclic) bond motifs is 2. The zero-order chi connectivity index (χ0) is 28.9. The summed E-state index contributed by atoms with van der Waals surface area (Å²) in [6.45, 7) is 3.01. The maximum absolute atomic E-state index is 13.4. The number of ether oxygens (including phenoxy) is 1. The molecule has 2 aliphatic rings. The van der Waals surface area contributed by atoms with Crippen molar-refractivity contribution in [3.8, 4) is 0 Å². The van der Waals surface area contributed by atoms with Crippen molar-refractivity contribution in [1.29, 1.82) is 0 Å². The molecule has 1 saturated carbocycles.